The summed E-state index contributed by atoms with van der Waals surface area (Å²) in [6.07, 6.45) is 0.172. The van der Waals surface area contributed by atoms with Crippen LogP contribution in [-0.2, 0) is 20.9 Å². The Morgan fingerprint density at radius 1 is 1.36 bits per heavy atom. The third-order valence-electron chi connectivity index (χ3n) is 3.49. The number of epoxide rings is 1. The minimum absolute atomic E-state index is 0.172. The second-order valence-electron chi connectivity index (χ2n) is 6.57. The lowest BCUT2D eigenvalue weighted by atomic mass is 9.97. The third-order valence-corrected chi connectivity index (χ3v) is 3.49. The molecule has 0 bridgehead atoms. The normalized spacial score (nSPS) is 17.5. The van der Waals surface area contributed by atoms with E-state index >= 15 is 0 Å². The van der Waals surface area contributed by atoms with Gasteiger partial charge in [-0.25, -0.2) is 0 Å². The Kier molecular flexibility index (Phi) is 3.83. The monoisotopic (exact) mass is 303 g/mol. The van der Waals surface area contributed by atoms with Crippen LogP contribution >= 0.6 is 0 Å². The van der Waals surface area contributed by atoms with Crippen LogP contribution in [0.3, 0.4) is 0 Å². The predicted molar refractivity (Wildman–Crippen MR) is 82.4 cm³/mol. The first-order chi connectivity index (χ1) is 10.4. The number of hydrogen-bond acceptors (Lipinski definition) is 4. The topological polar surface area (TPSA) is 53.0 Å². The average Bonchev–Trinajstić information content (AvgIpc) is 3.22. The number of rotatable bonds is 5. The van der Waals surface area contributed by atoms with Gasteiger partial charge in [0.1, 0.15) is 19.3 Å². The molecule has 1 aliphatic rings. The highest BCUT2D eigenvalue weighted by Crippen LogP contribution is 2.22. The highest BCUT2D eigenvalue weighted by atomic mass is 16.7. The largest absolute Gasteiger partial charge is 0.459 e. The summed E-state index contributed by atoms with van der Waals surface area (Å²) in [5, 5.41) is 1.06. The molecule has 0 saturated carbocycles. The van der Waals surface area contributed by atoms with E-state index in [1.54, 1.807) is 4.73 Å². The number of carbonyl (C=O) groups excluding carboxylic acids is 1. The maximum atomic E-state index is 11.9. The lowest BCUT2D eigenvalue weighted by molar-refractivity contribution is -0.154. The van der Waals surface area contributed by atoms with Gasteiger partial charge in [0.2, 0.25) is 0 Å². The summed E-state index contributed by atoms with van der Waals surface area (Å²) in [6.45, 7) is 6.95. The van der Waals surface area contributed by atoms with Crippen LogP contribution < -0.4 is 4.84 Å². The zero-order valence-corrected chi connectivity index (χ0v) is 13.2. The molecule has 1 saturated heterocycles. The zero-order chi connectivity index (χ0) is 15.7. The van der Waals surface area contributed by atoms with Crippen molar-refractivity contribution in [2.75, 3.05) is 13.2 Å². The summed E-state index contributed by atoms with van der Waals surface area (Å²) >= 11 is 0. The van der Waals surface area contributed by atoms with E-state index in [4.69, 9.17) is 14.3 Å². The Hall–Kier alpha value is -2.01. The Labute approximate surface area is 129 Å². The van der Waals surface area contributed by atoms with Gasteiger partial charge in [-0.05, 0) is 32.9 Å². The van der Waals surface area contributed by atoms with E-state index < -0.39 is 5.41 Å². The van der Waals surface area contributed by atoms with Crippen molar-refractivity contribution in [3.8, 4) is 0 Å². The molecule has 0 N–H and O–H groups in total. The highest BCUT2D eigenvalue weighted by molar-refractivity contribution is 5.81. The Morgan fingerprint density at radius 3 is 2.77 bits per heavy atom. The molecular weight excluding hydrogens is 282 g/mol. The molecule has 3 rings (SSSR count). The Morgan fingerprint density at radius 2 is 2.09 bits per heavy atom. The van der Waals surface area contributed by atoms with Crippen molar-refractivity contribution in [1.82, 2.24) is 4.73 Å². The molecule has 0 radical (unpaired) electrons. The quantitative estimate of drug-likeness (QED) is 0.629. The fourth-order valence-electron chi connectivity index (χ4n) is 2.12. The fourth-order valence-corrected chi connectivity index (χ4v) is 2.12. The highest BCUT2D eigenvalue weighted by Gasteiger charge is 2.26. The van der Waals surface area contributed by atoms with Crippen LogP contribution in [0.5, 0.6) is 0 Å². The van der Waals surface area contributed by atoms with E-state index in [1.165, 1.54) is 0 Å². The number of esters is 1. The number of para-hydroxylation sites is 1. The number of hydrogen-bond donors (Lipinski definition) is 0. The maximum absolute atomic E-state index is 11.9. The van der Waals surface area contributed by atoms with E-state index in [2.05, 4.69) is 0 Å². The summed E-state index contributed by atoms with van der Waals surface area (Å²) < 4.78 is 12.3. The van der Waals surface area contributed by atoms with Crippen molar-refractivity contribution in [2.45, 2.75) is 33.5 Å². The minimum atomic E-state index is -0.514. The van der Waals surface area contributed by atoms with Crippen LogP contribution in [0.4, 0.5) is 0 Å². The van der Waals surface area contributed by atoms with Gasteiger partial charge in [-0.1, -0.05) is 18.2 Å². The Bertz CT molecular complexity index is 680. The van der Waals surface area contributed by atoms with E-state index in [-0.39, 0.29) is 18.7 Å². The van der Waals surface area contributed by atoms with Crippen molar-refractivity contribution < 1.29 is 19.1 Å². The lowest BCUT2D eigenvalue weighted by Gasteiger charge is -2.17. The molecule has 1 atom stereocenters. The molecule has 1 aromatic carbocycles. The molecule has 118 valence electrons. The van der Waals surface area contributed by atoms with Crippen molar-refractivity contribution in [1.29, 1.82) is 0 Å². The van der Waals surface area contributed by atoms with Crippen LogP contribution in [0.1, 0.15) is 26.5 Å². The first-order valence-corrected chi connectivity index (χ1v) is 7.46. The molecule has 0 aliphatic carbocycles. The molecule has 2 heterocycles. The summed E-state index contributed by atoms with van der Waals surface area (Å²) in [7, 11) is 0. The van der Waals surface area contributed by atoms with Crippen molar-refractivity contribution in [3.63, 3.8) is 0 Å². The number of ether oxygens (including phenoxy) is 2. The number of aromatic nitrogens is 1. The van der Waals surface area contributed by atoms with E-state index in [0.717, 1.165) is 23.2 Å². The molecule has 1 unspecified atom stereocenters. The van der Waals surface area contributed by atoms with Gasteiger partial charge in [0.15, 0.2) is 0 Å². The molecule has 5 nitrogen and oxygen atoms in total. The van der Waals surface area contributed by atoms with Crippen LogP contribution in [0.2, 0.25) is 0 Å². The van der Waals surface area contributed by atoms with Crippen molar-refractivity contribution >= 4 is 16.9 Å². The van der Waals surface area contributed by atoms with Crippen molar-refractivity contribution in [2.24, 2.45) is 5.41 Å². The molecule has 1 fully saturated rings. The maximum Gasteiger partial charge on any atom is 0.311 e. The van der Waals surface area contributed by atoms with Crippen molar-refractivity contribution in [3.05, 3.63) is 36.0 Å². The first-order valence-electron chi connectivity index (χ1n) is 7.46. The molecule has 22 heavy (non-hydrogen) atoms. The standard InChI is InChI=1S/C17H21NO4/c1-17(2,3)16(19)21-9-13-8-12-6-4-5-7-15(12)18(13)22-11-14-10-20-14/h4-8,14H,9-11H2,1-3H3. The molecule has 1 aliphatic heterocycles. The van der Waals surface area contributed by atoms with Crippen LogP contribution in [0.25, 0.3) is 10.9 Å². The molecule has 0 spiro atoms. The van der Waals surface area contributed by atoms with Gasteiger partial charge in [-0.15, -0.1) is 0 Å². The Balaban J connectivity index is 1.80. The lowest BCUT2D eigenvalue weighted by Crippen LogP contribution is -2.24. The fraction of sp³-hybridized carbons (Fsp3) is 0.471. The number of carbonyl (C=O) groups is 1. The van der Waals surface area contributed by atoms with Gasteiger partial charge in [0, 0.05) is 5.39 Å². The molecule has 2 aromatic rings. The number of benzene rings is 1. The van der Waals surface area contributed by atoms with Gasteiger partial charge in [-0.2, -0.15) is 4.73 Å². The second kappa shape index (κ2) is 5.65. The minimum Gasteiger partial charge on any atom is -0.459 e. The smallest absolute Gasteiger partial charge is 0.311 e. The number of nitrogens with zero attached hydrogens (tertiary/aromatic N) is 1. The molecule has 1 aromatic heterocycles. The predicted octanol–water partition coefficient (Wildman–Crippen LogP) is 2.56. The third kappa shape index (κ3) is 3.25. The number of fused-ring (bicyclic) bond motifs is 1. The van der Waals surface area contributed by atoms with E-state index in [0.29, 0.717) is 6.61 Å². The molecular formula is C17H21NO4. The van der Waals surface area contributed by atoms with Crippen LogP contribution in [0, 0.1) is 5.41 Å². The molecule has 5 heteroatoms. The van der Waals surface area contributed by atoms with Gasteiger partial charge in [-0.3, -0.25) is 4.79 Å². The average molecular weight is 303 g/mol. The van der Waals surface area contributed by atoms with Crippen LogP contribution in [0.15, 0.2) is 30.3 Å². The van der Waals surface area contributed by atoms with E-state index in [9.17, 15) is 4.79 Å². The van der Waals surface area contributed by atoms with Gasteiger partial charge < -0.3 is 14.3 Å². The summed E-state index contributed by atoms with van der Waals surface area (Å²) in [4.78, 5) is 17.8. The summed E-state index contributed by atoms with van der Waals surface area (Å²) in [6, 6.07) is 9.91. The molecule has 0 amide bonds. The van der Waals surface area contributed by atoms with Gasteiger partial charge in [0.05, 0.1) is 23.2 Å². The van der Waals surface area contributed by atoms with Crippen LogP contribution in [-0.4, -0.2) is 30.0 Å². The van der Waals surface area contributed by atoms with E-state index in [1.807, 2.05) is 51.1 Å². The first kappa shape index (κ1) is 14.9. The second-order valence-corrected chi connectivity index (χ2v) is 6.57. The summed E-state index contributed by atoms with van der Waals surface area (Å²) in [5.41, 5.74) is 1.27. The van der Waals surface area contributed by atoms with Gasteiger partial charge in [0.25, 0.3) is 0 Å². The SMILES string of the molecule is CC(C)(C)C(=O)OCc1cc2ccccc2n1OCC1CO1. The van der Waals surface area contributed by atoms with Gasteiger partial charge >= 0.3 is 5.97 Å². The zero-order valence-electron chi connectivity index (χ0n) is 13.2. The summed E-state index contributed by atoms with van der Waals surface area (Å²) in [5.74, 6) is -0.227.